The molecule has 0 fully saturated rings. The number of aromatic hydroxyl groups is 1. The summed E-state index contributed by atoms with van der Waals surface area (Å²) in [6, 6.07) is 11.8. The van der Waals surface area contributed by atoms with Gasteiger partial charge in [-0.3, -0.25) is 9.59 Å². The monoisotopic (exact) mass is 363 g/mol. The molecule has 2 rings (SSSR count). The van der Waals surface area contributed by atoms with Crippen molar-refractivity contribution < 1.29 is 23.1 Å². The Hall–Kier alpha value is -2.91. The highest BCUT2D eigenvalue weighted by Crippen LogP contribution is 2.15. The highest BCUT2D eigenvalue weighted by molar-refractivity contribution is 7.89. The van der Waals surface area contributed by atoms with Gasteiger partial charge in [0.15, 0.2) is 0 Å². The zero-order valence-electron chi connectivity index (χ0n) is 13.1. The molecule has 2 aromatic carbocycles. The zero-order chi connectivity index (χ0) is 18.4. The minimum atomic E-state index is -3.74. The molecule has 0 aliphatic carbocycles. The van der Waals surface area contributed by atoms with Gasteiger partial charge in [-0.05, 0) is 36.2 Å². The van der Waals surface area contributed by atoms with Crippen LogP contribution in [0.25, 0.3) is 0 Å². The first-order chi connectivity index (χ1) is 11.8. The summed E-state index contributed by atoms with van der Waals surface area (Å²) in [5.74, 6) is -1.69. The second-order valence-electron chi connectivity index (χ2n) is 5.20. The molecule has 0 aliphatic heterocycles. The molecule has 0 bridgehead atoms. The Bertz CT molecular complexity index is 879. The fourth-order valence-electron chi connectivity index (χ4n) is 2.02. The quantitative estimate of drug-likeness (QED) is 0.567. The number of rotatable bonds is 5. The Morgan fingerprint density at radius 2 is 1.72 bits per heavy atom. The van der Waals surface area contributed by atoms with E-state index in [4.69, 9.17) is 5.14 Å². The number of carbonyl (C=O) groups is 2. The summed E-state index contributed by atoms with van der Waals surface area (Å²) in [6.07, 6.45) is 0.413. The lowest BCUT2D eigenvalue weighted by atomic mass is 10.1. The molecular formula is C16H17N3O5S. The fourth-order valence-corrected chi connectivity index (χ4v) is 2.53. The number of hydrogen-bond acceptors (Lipinski definition) is 5. The van der Waals surface area contributed by atoms with Gasteiger partial charge in [0.05, 0.1) is 4.90 Å². The molecule has 0 heterocycles. The van der Waals surface area contributed by atoms with E-state index < -0.39 is 21.8 Å². The van der Waals surface area contributed by atoms with E-state index in [0.29, 0.717) is 12.1 Å². The summed E-state index contributed by atoms with van der Waals surface area (Å²) in [5.41, 5.74) is 1.08. The largest absolute Gasteiger partial charge is 0.508 e. The van der Waals surface area contributed by atoms with Crippen LogP contribution in [0.4, 0.5) is 5.69 Å². The zero-order valence-corrected chi connectivity index (χ0v) is 13.9. The van der Waals surface area contributed by atoms with Crippen molar-refractivity contribution in [3.8, 4) is 5.75 Å². The molecule has 0 spiro atoms. The smallest absolute Gasteiger partial charge is 0.313 e. The summed E-state index contributed by atoms with van der Waals surface area (Å²) < 4.78 is 22.3. The molecule has 132 valence electrons. The van der Waals surface area contributed by atoms with Crippen LogP contribution in [0.5, 0.6) is 5.75 Å². The van der Waals surface area contributed by atoms with E-state index in [-0.39, 0.29) is 17.2 Å². The first kappa shape index (κ1) is 18.4. The Morgan fingerprint density at radius 1 is 1.04 bits per heavy atom. The van der Waals surface area contributed by atoms with Crippen LogP contribution in [0.15, 0.2) is 53.4 Å². The standard InChI is InChI=1S/C16H17N3O5S/c17-25(23,24)14-6-4-11(5-7-14)8-9-18-15(21)16(22)19-12-2-1-3-13(20)10-12/h1-7,10,20H,8-9H2,(H,18,21)(H,19,22)(H2,17,23,24). The summed E-state index contributed by atoms with van der Waals surface area (Å²) in [7, 11) is -3.74. The van der Waals surface area contributed by atoms with Crippen molar-refractivity contribution >= 4 is 27.5 Å². The van der Waals surface area contributed by atoms with Gasteiger partial charge in [0, 0.05) is 18.3 Å². The lowest BCUT2D eigenvalue weighted by molar-refractivity contribution is -0.136. The van der Waals surface area contributed by atoms with Crippen LogP contribution in [0.2, 0.25) is 0 Å². The van der Waals surface area contributed by atoms with Crippen LogP contribution in [-0.2, 0) is 26.0 Å². The first-order valence-electron chi connectivity index (χ1n) is 7.25. The molecule has 0 aromatic heterocycles. The van der Waals surface area contributed by atoms with Gasteiger partial charge < -0.3 is 15.7 Å². The number of carbonyl (C=O) groups excluding carboxylic acids is 2. The number of nitrogens with two attached hydrogens (primary N) is 1. The van der Waals surface area contributed by atoms with E-state index in [1.165, 1.54) is 36.4 Å². The third-order valence-electron chi connectivity index (χ3n) is 3.26. The molecule has 0 unspecified atom stereocenters. The molecule has 0 aliphatic rings. The predicted octanol–water partition coefficient (Wildman–Crippen LogP) is 0.337. The number of primary sulfonamides is 1. The molecule has 8 nitrogen and oxygen atoms in total. The number of nitrogens with one attached hydrogen (secondary N) is 2. The van der Waals surface area contributed by atoms with E-state index in [1.807, 2.05) is 0 Å². The van der Waals surface area contributed by atoms with Gasteiger partial charge in [-0.1, -0.05) is 18.2 Å². The molecule has 2 amide bonds. The Labute approximate surface area is 144 Å². The van der Waals surface area contributed by atoms with E-state index in [9.17, 15) is 23.1 Å². The topological polar surface area (TPSA) is 139 Å². The second kappa shape index (κ2) is 7.77. The molecule has 9 heteroatoms. The van der Waals surface area contributed by atoms with Crippen LogP contribution in [-0.4, -0.2) is 31.9 Å². The van der Waals surface area contributed by atoms with Crippen molar-refractivity contribution in [3.63, 3.8) is 0 Å². The van der Waals surface area contributed by atoms with Crippen molar-refractivity contribution in [1.29, 1.82) is 0 Å². The fraction of sp³-hybridized carbons (Fsp3) is 0.125. The summed E-state index contributed by atoms with van der Waals surface area (Å²) in [4.78, 5) is 23.5. The van der Waals surface area contributed by atoms with Crippen LogP contribution in [0.3, 0.4) is 0 Å². The molecule has 0 atom stereocenters. The number of benzene rings is 2. The number of anilines is 1. The number of hydrogen-bond donors (Lipinski definition) is 4. The maximum atomic E-state index is 11.7. The van der Waals surface area contributed by atoms with Crippen LogP contribution >= 0.6 is 0 Å². The van der Waals surface area contributed by atoms with Crippen molar-refractivity contribution in [2.45, 2.75) is 11.3 Å². The van der Waals surface area contributed by atoms with E-state index in [0.717, 1.165) is 5.56 Å². The van der Waals surface area contributed by atoms with Gasteiger partial charge in [-0.2, -0.15) is 0 Å². The minimum absolute atomic E-state index is 0.00535. The second-order valence-corrected chi connectivity index (χ2v) is 6.76. The van der Waals surface area contributed by atoms with Crippen molar-refractivity contribution in [2.75, 3.05) is 11.9 Å². The summed E-state index contributed by atoms with van der Waals surface area (Å²) >= 11 is 0. The number of amides is 2. The minimum Gasteiger partial charge on any atom is -0.508 e. The van der Waals surface area contributed by atoms with Crippen LogP contribution in [0, 0.1) is 0 Å². The normalized spacial score (nSPS) is 10.9. The highest BCUT2D eigenvalue weighted by atomic mass is 32.2. The third-order valence-corrected chi connectivity index (χ3v) is 4.19. The maximum Gasteiger partial charge on any atom is 0.313 e. The molecular weight excluding hydrogens is 346 g/mol. The summed E-state index contributed by atoms with van der Waals surface area (Å²) in [6.45, 7) is 0.195. The molecule has 25 heavy (non-hydrogen) atoms. The molecule has 0 saturated carbocycles. The average Bonchev–Trinajstić information content (AvgIpc) is 2.54. The average molecular weight is 363 g/mol. The number of phenolic OH excluding ortho intramolecular Hbond substituents is 1. The van der Waals surface area contributed by atoms with Gasteiger partial charge in [-0.25, -0.2) is 13.6 Å². The molecule has 0 radical (unpaired) electrons. The molecule has 5 N–H and O–H groups in total. The Morgan fingerprint density at radius 3 is 2.32 bits per heavy atom. The third kappa shape index (κ3) is 5.59. The molecule has 2 aromatic rings. The lowest BCUT2D eigenvalue weighted by Crippen LogP contribution is -2.36. The van der Waals surface area contributed by atoms with Gasteiger partial charge in [-0.15, -0.1) is 0 Å². The maximum absolute atomic E-state index is 11.7. The van der Waals surface area contributed by atoms with Crippen molar-refractivity contribution in [2.24, 2.45) is 5.14 Å². The van der Waals surface area contributed by atoms with E-state index in [2.05, 4.69) is 10.6 Å². The van der Waals surface area contributed by atoms with Gasteiger partial charge >= 0.3 is 11.8 Å². The number of phenols is 1. The van der Waals surface area contributed by atoms with Crippen molar-refractivity contribution in [1.82, 2.24) is 5.32 Å². The van der Waals surface area contributed by atoms with E-state index >= 15 is 0 Å². The SMILES string of the molecule is NS(=O)(=O)c1ccc(CCNC(=O)C(=O)Nc2cccc(O)c2)cc1. The molecule has 0 saturated heterocycles. The van der Waals surface area contributed by atoms with Crippen molar-refractivity contribution in [3.05, 3.63) is 54.1 Å². The van der Waals surface area contributed by atoms with E-state index in [1.54, 1.807) is 12.1 Å². The Kier molecular flexibility index (Phi) is 5.73. The van der Waals surface area contributed by atoms with Gasteiger partial charge in [0.25, 0.3) is 0 Å². The summed E-state index contributed by atoms with van der Waals surface area (Å²) in [5, 5.41) is 19.1. The van der Waals surface area contributed by atoms with Gasteiger partial charge in [0.1, 0.15) is 5.75 Å². The first-order valence-corrected chi connectivity index (χ1v) is 8.80. The number of sulfonamides is 1. The van der Waals surface area contributed by atoms with Crippen LogP contribution < -0.4 is 15.8 Å². The lowest BCUT2D eigenvalue weighted by Gasteiger charge is -2.07. The highest BCUT2D eigenvalue weighted by Gasteiger charge is 2.13. The predicted molar refractivity (Wildman–Crippen MR) is 91.3 cm³/mol. The van der Waals surface area contributed by atoms with Gasteiger partial charge in [0.2, 0.25) is 10.0 Å². The Balaban J connectivity index is 1.82. The van der Waals surface area contributed by atoms with Crippen LogP contribution in [0.1, 0.15) is 5.56 Å².